The predicted octanol–water partition coefficient (Wildman–Crippen LogP) is 3.46. The maximum atomic E-state index is 11.6. The molecule has 0 aromatic carbocycles. The summed E-state index contributed by atoms with van der Waals surface area (Å²) < 4.78 is 16.7. The van der Waals surface area contributed by atoms with Crippen molar-refractivity contribution in [1.29, 1.82) is 0 Å². The van der Waals surface area contributed by atoms with E-state index >= 15 is 0 Å². The standard InChI is InChI=1S/C17H32O5/c1-5-7-8-13(6-2)10-21-15(17(3,4)16(18)19)9-14-11-20-12-22-14/h13-15H,5-12H2,1-4H3,(H,18,19). The second-order valence-corrected chi connectivity index (χ2v) is 6.78. The van der Waals surface area contributed by atoms with Crippen molar-refractivity contribution in [3.05, 3.63) is 0 Å². The molecule has 1 N–H and O–H groups in total. The second kappa shape index (κ2) is 9.48. The molecule has 22 heavy (non-hydrogen) atoms. The highest BCUT2D eigenvalue weighted by Crippen LogP contribution is 2.30. The molecule has 0 bridgehead atoms. The zero-order valence-electron chi connectivity index (χ0n) is 14.5. The van der Waals surface area contributed by atoms with E-state index in [1.54, 1.807) is 13.8 Å². The average Bonchev–Trinajstić information content (AvgIpc) is 2.98. The molecule has 0 saturated carbocycles. The highest BCUT2D eigenvalue weighted by atomic mass is 16.7. The first-order chi connectivity index (χ1) is 10.4. The Morgan fingerprint density at radius 2 is 2.14 bits per heavy atom. The Bertz CT molecular complexity index is 323. The van der Waals surface area contributed by atoms with Crippen LogP contribution in [0.4, 0.5) is 0 Å². The molecule has 3 unspecified atom stereocenters. The van der Waals surface area contributed by atoms with Crippen molar-refractivity contribution in [2.75, 3.05) is 20.0 Å². The van der Waals surface area contributed by atoms with Crippen LogP contribution in [0, 0.1) is 11.3 Å². The van der Waals surface area contributed by atoms with Crippen molar-refractivity contribution in [1.82, 2.24) is 0 Å². The Labute approximate surface area is 134 Å². The van der Waals surface area contributed by atoms with Gasteiger partial charge in [0.25, 0.3) is 0 Å². The summed E-state index contributed by atoms with van der Waals surface area (Å²) in [6, 6.07) is 0. The largest absolute Gasteiger partial charge is 0.481 e. The van der Waals surface area contributed by atoms with Gasteiger partial charge in [0.1, 0.15) is 6.79 Å². The molecule has 0 spiro atoms. The monoisotopic (exact) mass is 316 g/mol. The summed E-state index contributed by atoms with van der Waals surface area (Å²) in [6.45, 7) is 9.22. The lowest BCUT2D eigenvalue weighted by Crippen LogP contribution is -2.42. The van der Waals surface area contributed by atoms with E-state index in [2.05, 4.69) is 13.8 Å². The van der Waals surface area contributed by atoms with E-state index in [9.17, 15) is 9.90 Å². The number of carboxylic acid groups (broad SMARTS) is 1. The minimum atomic E-state index is -0.936. The van der Waals surface area contributed by atoms with Crippen LogP contribution in [0.15, 0.2) is 0 Å². The number of rotatable bonds is 11. The smallest absolute Gasteiger partial charge is 0.311 e. The van der Waals surface area contributed by atoms with Gasteiger partial charge in [-0.2, -0.15) is 0 Å². The predicted molar refractivity (Wildman–Crippen MR) is 84.8 cm³/mol. The lowest BCUT2D eigenvalue weighted by atomic mass is 9.83. The first-order valence-electron chi connectivity index (χ1n) is 8.46. The number of aliphatic carboxylic acids is 1. The first-order valence-corrected chi connectivity index (χ1v) is 8.46. The molecule has 130 valence electrons. The molecule has 0 amide bonds. The minimum Gasteiger partial charge on any atom is -0.481 e. The molecule has 0 aliphatic carbocycles. The van der Waals surface area contributed by atoms with Crippen LogP contribution in [0.2, 0.25) is 0 Å². The number of hydrogen-bond acceptors (Lipinski definition) is 4. The van der Waals surface area contributed by atoms with Crippen molar-refractivity contribution < 1.29 is 24.1 Å². The Kier molecular flexibility index (Phi) is 8.36. The SMILES string of the molecule is CCCCC(CC)COC(CC1COCO1)C(C)(C)C(=O)O. The average molecular weight is 316 g/mol. The number of carbonyl (C=O) groups is 1. The Hall–Kier alpha value is -0.650. The highest BCUT2D eigenvalue weighted by molar-refractivity contribution is 5.74. The maximum Gasteiger partial charge on any atom is 0.311 e. The lowest BCUT2D eigenvalue weighted by Gasteiger charge is -2.33. The van der Waals surface area contributed by atoms with Gasteiger partial charge in [0.15, 0.2) is 0 Å². The lowest BCUT2D eigenvalue weighted by molar-refractivity contribution is -0.159. The fourth-order valence-electron chi connectivity index (χ4n) is 2.61. The molecular formula is C17H32O5. The first kappa shape index (κ1) is 19.4. The van der Waals surface area contributed by atoms with Crippen LogP contribution >= 0.6 is 0 Å². The summed E-state index contributed by atoms with van der Waals surface area (Å²) >= 11 is 0. The van der Waals surface area contributed by atoms with Crippen LogP contribution in [0.25, 0.3) is 0 Å². The zero-order chi connectivity index (χ0) is 16.6. The topological polar surface area (TPSA) is 65.0 Å². The van der Waals surface area contributed by atoms with Gasteiger partial charge in [0.2, 0.25) is 0 Å². The Morgan fingerprint density at radius 3 is 2.64 bits per heavy atom. The van der Waals surface area contributed by atoms with Gasteiger partial charge in [-0.25, -0.2) is 0 Å². The molecular weight excluding hydrogens is 284 g/mol. The molecule has 5 heteroatoms. The zero-order valence-corrected chi connectivity index (χ0v) is 14.5. The molecule has 1 saturated heterocycles. The quantitative estimate of drug-likeness (QED) is 0.632. The van der Waals surface area contributed by atoms with Crippen LogP contribution in [0.1, 0.15) is 59.8 Å². The molecule has 3 atom stereocenters. The van der Waals surface area contributed by atoms with Crippen LogP contribution in [0.5, 0.6) is 0 Å². The van der Waals surface area contributed by atoms with Crippen molar-refractivity contribution in [2.45, 2.75) is 72.0 Å². The second-order valence-electron chi connectivity index (χ2n) is 6.78. The van der Waals surface area contributed by atoms with E-state index in [0.717, 1.165) is 12.8 Å². The van der Waals surface area contributed by atoms with Gasteiger partial charge < -0.3 is 19.3 Å². The van der Waals surface area contributed by atoms with Crippen molar-refractivity contribution in [2.24, 2.45) is 11.3 Å². The summed E-state index contributed by atoms with van der Waals surface area (Å²) in [5, 5.41) is 9.50. The minimum absolute atomic E-state index is 0.0701. The molecule has 5 nitrogen and oxygen atoms in total. The normalized spacial score (nSPS) is 21.7. The summed E-state index contributed by atoms with van der Waals surface area (Å²) in [4.78, 5) is 11.6. The van der Waals surface area contributed by atoms with Gasteiger partial charge in [-0.1, -0.05) is 33.1 Å². The third-order valence-electron chi connectivity index (χ3n) is 4.60. The molecule has 0 aromatic heterocycles. The van der Waals surface area contributed by atoms with E-state index in [0.29, 0.717) is 32.3 Å². The van der Waals surface area contributed by atoms with E-state index in [1.165, 1.54) is 12.8 Å². The van der Waals surface area contributed by atoms with Gasteiger partial charge in [0.05, 0.1) is 24.2 Å². The van der Waals surface area contributed by atoms with Crippen molar-refractivity contribution in [3.63, 3.8) is 0 Å². The molecule has 1 rings (SSSR count). The summed E-state index contributed by atoms with van der Waals surface area (Å²) in [7, 11) is 0. The molecule has 1 aliphatic heterocycles. The van der Waals surface area contributed by atoms with E-state index < -0.39 is 11.4 Å². The van der Waals surface area contributed by atoms with Gasteiger partial charge in [0, 0.05) is 13.0 Å². The fourth-order valence-corrected chi connectivity index (χ4v) is 2.61. The van der Waals surface area contributed by atoms with Crippen LogP contribution in [-0.4, -0.2) is 43.3 Å². The van der Waals surface area contributed by atoms with Gasteiger partial charge in [-0.15, -0.1) is 0 Å². The third-order valence-corrected chi connectivity index (χ3v) is 4.60. The Morgan fingerprint density at radius 1 is 1.41 bits per heavy atom. The number of ether oxygens (including phenoxy) is 3. The fraction of sp³-hybridized carbons (Fsp3) is 0.941. The number of carboxylic acids is 1. The molecule has 0 radical (unpaired) electrons. The summed E-state index contributed by atoms with van der Waals surface area (Å²) in [6.07, 6.45) is 4.68. The van der Waals surface area contributed by atoms with E-state index in [1.807, 2.05) is 0 Å². The summed E-state index contributed by atoms with van der Waals surface area (Å²) in [5.74, 6) is -0.342. The maximum absolute atomic E-state index is 11.6. The summed E-state index contributed by atoms with van der Waals surface area (Å²) in [5.41, 5.74) is -0.936. The molecule has 1 heterocycles. The highest BCUT2D eigenvalue weighted by Gasteiger charge is 2.40. The van der Waals surface area contributed by atoms with Crippen molar-refractivity contribution in [3.8, 4) is 0 Å². The molecule has 0 aromatic rings. The third kappa shape index (κ3) is 5.86. The van der Waals surface area contributed by atoms with Crippen LogP contribution in [0.3, 0.4) is 0 Å². The van der Waals surface area contributed by atoms with Crippen LogP contribution in [-0.2, 0) is 19.0 Å². The van der Waals surface area contributed by atoms with E-state index in [-0.39, 0.29) is 12.2 Å². The number of hydrogen-bond donors (Lipinski definition) is 1. The molecule has 1 fully saturated rings. The van der Waals surface area contributed by atoms with Crippen LogP contribution < -0.4 is 0 Å². The van der Waals surface area contributed by atoms with Gasteiger partial charge in [-0.05, 0) is 26.2 Å². The Balaban J connectivity index is 2.62. The van der Waals surface area contributed by atoms with E-state index in [4.69, 9.17) is 14.2 Å². The van der Waals surface area contributed by atoms with Crippen molar-refractivity contribution >= 4 is 5.97 Å². The molecule has 1 aliphatic rings. The van der Waals surface area contributed by atoms with Gasteiger partial charge >= 0.3 is 5.97 Å². The number of unbranched alkanes of at least 4 members (excludes halogenated alkanes) is 1. The van der Waals surface area contributed by atoms with Gasteiger partial charge in [-0.3, -0.25) is 4.79 Å².